The fourth-order valence-electron chi connectivity index (χ4n) is 2.31. The van der Waals surface area contributed by atoms with Crippen molar-refractivity contribution in [3.63, 3.8) is 0 Å². The molecule has 2 aromatic carbocycles. The van der Waals surface area contributed by atoms with Crippen molar-refractivity contribution in [2.24, 2.45) is 0 Å². The van der Waals surface area contributed by atoms with E-state index in [1.807, 2.05) is 6.07 Å². The van der Waals surface area contributed by atoms with Crippen LogP contribution in [0.3, 0.4) is 0 Å². The summed E-state index contributed by atoms with van der Waals surface area (Å²) in [4.78, 5) is 11.8. The lowest BCUT2D eigenvalue weighted by atomic mass is 10.1. The van der Waals surface area contributed by atoms with Gasteiger partial charge in [0.25, 0.3) is 0 Å². The summed E-state index contributed by atoms with van der Waals surface area (Å²) in [6.07, 6.45) is -3.93. The number of alkyl halides is 3. The molecule has 0 saturated heterocycles. The summed E-state index contributed by atoms with van der Waals surface area (Å²) in [5, 5.41) is 4.99. The van der Waals surface area contributed by atoms with E-state index in [9.17, 15) is 18.0 Å². The number of benzene rings is 2. The zero-order valence-corrected chi connectivity index (χ0v) is 14.3. The number of hydrogen-bond acceptors (Lipinski definition) is 3. The lowest BCUT2D eigenvalue weighted by Crippen LogP contribution is -2.30. The van der Waals surface area contributed by atoms with Gasteiger partial charge >= 0.3 is 12.2 Å². The molecule has 26 heavy (non-hydrogen) atoms. The van der Waals surface area contributed by atoms with Gasteiger partial charge in [0.1, 0.15) is 0 Å². The van der Waals surface area contributed by atoms with E-state index in [1.165, 1.54) is 26.4 Å². The Morgan fingerprint density at radius 1 is 1.04 bits per heavy atom. The molecule has 0 bridgehead atoms. The highest BCUT2D eigenvalue weighted by Gasteiger charge is 2.30. The second-order valence-corrected chi connectivity index (χ2v) is 5.40. The van der Waals surface area contributed by atoms with E-state index in [2.05, 4.69) is 10.6 Å². The number of carbonyl (C=O) groups excluding carboxylic acids is 1. The van der Waals surface area contributed by atoms with Gasteiger partial charge in [0.15, 0.2) is 11.5 Å². The zero-order valence-electron chi connectivity index (χ0n) is 14.3. The van der Waals surface area contributed by atoms with E-state index >= 15 is 0 Å². The maximum atomic E-state index is 12.7. The van der Waals surface area contributed by atoms with E-state index in [4.69, 9.17) is 9.47 Å². The first-order valence-electron chi connectivity index (χ1n) is 7.76. The molecular weight excluding hydrogens is 349 g/mol. The minimum atomic E-state index is -4.46. The van der Waals surface area contributed by atoms with Crippen LogP contribution in [0.1, 0.15) is 11.1 Å². The number of amides is 2. The fourth-order valence-corrected chi connectivity index (χ4v) is 2.31. The molecule has 0 fully saturated rings. The van der Waals surface area contributed by atoms with Crippen molar-refractivity contribution < 1.29 is 27.4 Å². The number of carbonyl (C=O) groups is 1. The molecule has 8 heteroatoms. The summed E-state index contributed by atoms with van der Waals surface area (Å²) >= 11 is 0. The molecule has 140 valence electrons. The van der Waals surface area contributed by atoms with Gasteiger partial charge in [-0.05, 0) is 42.3 Å². The van der Waals surface area contributed by atoms with Crippen molar-refractivity contribution >= 4 is 11.7 Å². The average Bonchev–Trinajstić information content (AvgIpc) is 2.61. The van der Waals surface area contributed by atoms with Crippen molar-refractivity contribution in [3.8, 4) is 11.5 Å². The second kappa shape index (κ2) is 8.46. The van der Waals surface area contributed by atoms with Crippen molar-refractivity contribution in [2.45, 2.75) is 12.6 Å². The van der Waals surface area contributed by atoms with Gasteiger partial charge < -0.3 is 20.1 Å². The predicted molar refractivity (Wildman–Crippen MR) is 91.7 cm³/mol. The highest BCUT2D eigenvalue weighted by atomic mass is 19.4. The van der Waals surface area contributed by atoms with E-state index < -0.39 is 17.8 Å². The molecular formula is C18H19F3N2O3. The highest BCUT2D eigenvalue weighted by molar-refractivity contribution is 5.89. The summed E-state index contributed by atoms with van der Waals surface area (Å²) in [6.45, 7) is 0.306. The number of halogens is 3. The van der Waals surface area contributed by atoms with Gasteiger partial charge in [-0.1, -0.05) is 12.1 Å². The van der Waals surface area contributed by atoms with Crippen LogP contribution in [0.25, 0.3) is 0 Å². The van der Waals surface area contributed by atoms with Gasteiger partial charge in [-0.15, -0.1) is 0 Å². The summed E-state index contributed by atoms with van der Waals surface area (Å²) < 4.78 is 48.3. The number of rotatable bonds is 6. The van der Waals surface area contributed by atoms with Gasteiger partial charge in [0.05, 0.1) is 19.8 Å². The third-order valence-electron chi connectivity index (χ3n) is 3.59. The number of nitrogens with one attached hydrogen (secondary N) is 2. The summed E-state index contributed by atoms with van der Waals surface area (Å²) in [5.74, 6) is 1.19. The van der Waals surface area contributed by atoms with Gasteiger partial charge in [-0.3, -0.25) is 0 Å². The summed E-state index contributed by atoms with van der Waals surface area (Å²) in [6, 6.07) is 9.28. The summed E-state index contributed by atoms with van der Waals surface area (Å²) in [7, 11) is 3.07. The van der Waals surface area contributed by atoms with Crippen LogP contribution in [0.5, 0.6) is 11.5 Å². The molecule has 2 aromatic rings. The standard InChI is InChI=1S/C18H19F3N2O3/c1-25-15-7-6-12(10-16(15)26-2)8-9-22-17(24)23-14-5-3-4-13(11-14)18(19,20)21/h3-7,10-11H,8-9H2,1-2H3,(H2,22,23,24). The van der Waals surface area contributed by atoms with E-state index in [-0.39, 0.29) is 5.69 Å². The maximum absolute atomic E-state index is 12.7. The number of hydrogen-bond donors (Lipinski definition) is 2. The van der Waals surface area contributed by atoms with Crippen LogP contribution in [0.4, 0.5) is 23.7 Å². The molecule has 0 atom stereocenters. The molecule has 0 unspecified atom stereocenters. The van der Waals surface area contributed by atoms with Crippen molar-refractivity contribution in [3.05, 3.63) is 53.6 Å². The Labute approximate surface area is 149 Å². The normalized spacial score (nSPS) is 11.0. The second-order valence-electron chi connectivity index (χ2n) is 5.40. The van der Waals surface area contributed by atoms with E-state index in [0.29, 0.717) is 24.5 Å². The molecule has 2 N–H and O–H groups in total. The maximum Gasteiger partial charge on any atom is 0.416 e. The Hall–Kier alpha value is -2.90. The number of anilines is 1. The van der Waals surface area contributed by atoms with Gasteiger partial charge in [0.2, 0.25) is 0 Å². The van der Waals surface area contributed by atoms with Crippen LogP contribution < -0.4 is 20.1 Å². The molecule has 0 aliphatic rings. The smallest absolute Gasteiger partial charge is 0.416 e. The topological polar surface area (TPSA) is 59.6 Å². The van der Waals surface area contributed by atoms with E-state index in [0.717, 1.165) is 17.7 Å². The Morgan fingerprint density at radius 2 is 1.77 bits per heavy atom. The number of ether oxygens (including phenoxy) is 2. The van der Waals surface area contributed by atoms with Gasteiger partial charge in [0, 0.05) is 12.2 Å². The molecule has 2 amide bonds. The van der Waals surface area contributed by atoms with Crippen molar-refractivity contribution in [1.82, 2.24) is 5.32 Å². The largest absolute Gasteiger partial charge is 0.493 e. The van der Waals surface area contributed by atoms with Gasteiger partial charge in [-0.2, -0.15) is 13.2 Å². The lowest BCUT2D eigenvalue weighted by molar-refractivity contribution is -0.137. The Balaban J connectivity index is 1.88. The third kappa shape index (κ3) is 5.30. The third-order valence-corrected chi connectivity index (χ3v) is 3.59. The number of methoxy groups -OCH3 is 2. The first-order valence-corrected chi connectivity index (χ1v) is 7.76. The molecule has 0 aliphatic carbocycles. The average molecular weight is 368 g/mol. The molecule has 0 aromatic heterocycles. The zero-order chi connectivity index (χ0) is 19.2. The van der Waals surface area contributed by atoms with Crippen LogP contribution >= 0.6 is 0 Å². The fraction of sp³-hybridized carbons (Fsp3) is 0.278. The summed E-state index contributed by atoms with van der Waals surface area (Å²) in [5.41, 5.74) is 0.172. The molecule has 0 saturated carbocycles. The van der Waals surface area contributed by atoms with Crippen molar-refractivity contribution in [1.29, 1.82) is 0 Å². The van der Waals surface area contributed by atoms with Crippen LogP contribution in [-0.4, -0.2) is 26.8 Å². The Kier molecular flexibility index (Phi) is 6.32. The van der Waals surface area contributed by atoms with Crippen LogP contribution in [0, 0.1) is 0 Å². The quantitative estimate of drug-likeness (QED) is 0.808. The predicted octanol–water partition coefficient (Wildman–Crippen LogP) is 4.09. The van der Waals surface area contributed by atoms with Crippen LogP contribution in [0.15, 0.2) is 42.5 Å². The minimum Gasteiger partial charge on any atom is -0.493 e. The Bertz CT molecular complexity index is 764. The van der Waals surface area contributed by atoms with Crippen LogP contribution in [0.2, 0.25) is 0 Å². The lowest BCUT2D eigenvalue weighted by Gasteiger charge is -2.12. The number of urea groups is 1. The minimum absolute atomic E-state index is 0.0726. The SMILES string of the molecule is COc1ccc(CCNC(=O)Nc2cccc(C(F)(F)F)c2)cc1OC. The van der Waals surface area contributed by atoms with E-state index in [1.54, 1.807) is 12.1 Å². The highest BCUT2D eigenvalue weighted by Crippen LogP contribution is 2.30. The Morgan fingerprint density at radius 3 is 2.42 bits per heavy atom. The first-order chi connectivity index (χ1) is 12.3. The van der Waals surface area contributed by atoms with Crippen LogP contribution in [-0.2, 0) is 12.6 Å². The monoisotopic (exact) mass is 368 g/mol. The molecule has 2 rings (SSSR count). The van der Waals surface area contributed by atoms with Gasteiger partial charge in [-0.25, -0.2) is 4.79 Å². The molecule has 5 nitrogen and oxygen atoms in total. The van der Waals surface area contributed by atoms with Crippen molar-refractivity contribution in [2.75, 3.05) is 26.1 Å². The molecule has 0 aliphatic heterocycles. The molecule has 0 radical (unpaired) electrons. The first kappa shape index (κ1) is 19.4. The molecule has 0 heterocycles. The molecule has 0 spiro atoms.